The molecule has 2 aromatic rings. The summed E-state index contributed by atoms with van der Waals surface area (Å²) in [5.41, 5.74) is -0.315. The number of aromatic amines is 1. The standard InChI is InChI=1S/C11H15N5O2/c1-3-5-9(17)13-8-6-10(18)14-11-12-7(4-2)15-16(8)11/h6H,3-5H2,1-2H3,(H,13,17)(H,12,14,15,18). The molecule has 2 rings (SSSR count). The molecule has 0 atom stereocenters. The van der Waals surface area contributed by atoms with Crippen molar-refractivity contribution in [3.05, 3.63) is 22.2 Å². The van der Waals surface area contributed by atoms with Crippen LogP contribution in [0, 0.1) is 0 Å². The Morgan fingerprint density at radius 2 is 2.28 bits per heavy atom. The Morgan fingerprint density at radius 3 is 2.94 bits per heavy atom. The van der Waals surface area contributed by atoms with Crippen molar-refractivity contribution < 1.29 is 4.79 Å². The normalized spacial score (nSPS) is 10.8. The molecule has 0 radical (unpaired) electrons. The average molecular weight is 249 g/mol. The number of nitrogens with zero attached hydrogens (tertiary/aromatic N) is 3. The lowest BCUT2D eigenvalue weighted by Gasteiger charge is -2.04. The van der Waals surface area contributed by atoms with Crippen molar-refractivity contribution in [3.63, 3.8) is 0 Å². The lowest BCUT2D eigenvalue weighted by molar-refractivity contribution is -0.116. The number of hydrogen-bond acceptors (Lipinski definition) is 4. The Balaban J connectivity index is 2.45. The molecule has 7 heteroatoms. The molecule has 0 unspecified atom stereocenters. The minimum absolute atomic E-state index is 0.141. The lowest BCUT2D eigenvalue weighted by Crippen LogP contribution is -2.18. The molecule has 7 nitrogen and oxygen atoms in total. The fourth-order valence-corrected chi connectivity index (χ4v) is 1.61. The number of hydrogen-bond donors (Lipinski definition) is 2. The number of aryl methyl sites for hydroxylation is 1. The van der Waals surface area contributed by atoms with E-state index in [4.69, 9.17) is 0 Å². The van der Waals surface area contributed by atoms with Crippen molar-refractivity contribution in [2.24, 2.45) is 0 Å². The Morgan fingerprint density at radius 1 is 1.50 bits per heavy atom. The minimum Gasteiger partial charge on any atom is -0.310 e. The Hall–Kier alpha value is -2.18. The Kier molecular flexibility index (Phi) is 3.40. The van der Waals surface area contributed by atoms with Crippen LogP contribution < -0.4 is 10.9 Å². The van der Waals surface area contributed by atoms with Crippen LogP contribution in [-0.2, 0) is 11.2 Å². The Bertz CT molecular complexity index is 628. The largest absolute Gasteiger partial charge is 0.310 e. The first-order chi connectivity index (χ1) is 8.63. The SMILES string of the molecule is CCCC(=O)Nc1cc(=O)[nH]c2nc(CC)nn12. The predicted molar refractivity (Wildman–Crippen MR) is 66.5 cm³/mol. The maximum atomic E-state index is 11.6. The van der Waals surface area contributed by atoms with Gasteiger partial charge in [0.2, 0.25) is 11.7 Å². The topological polar surface area (TPSA) is 92.1 Å². The van der Waals surface area contributed by atoms with Gasteiger partial charge in [0.1, 0.15) is 5.82 Å². The molecule has 96 valence electrons. The maximum absolute atomic E-state index is 11.6. The predicted octanol–water partition coefficient (Wildman–Crippen LogP) is 0.719. The van der Waals surface area contributed by atoms with Gasteiger partial charge in [0.25, 0.3) is 5.56 Å². The zero-order chi connectivity index (χ0) is 13.1. The van der Waals surface area contributed by atoms with Gasteiger partial charge in [0, 0.05) is 18.9 Å². The number of carbonyl (C=O) groups is 1. The van der Waals surface area contributed by atoms with E-state index in [1.54, 1.807) is 0 Å². The molecule has 0 fully saturated rings. The smallest absolute Gasteiger partial charge is 0.254 e. The monoisotopic (exact) mass is 249 g/mol. The van der Waals surface area contributed by atoms with Gasteiger partial charge in [-0.3, -0.25) is 14.6 Å². The van der Waals surface area contributed by atoms with Gasteiger partial charge in [0.15, 0.2) is 5.82 Å². The highest BCUT2D eigenvalue weighted by Gasteiger charge is 2.10. The highest BCUT2D eigenvalue weighted by Crippen LogP contribution is 2.07. The molecule has 0 aliphatic heterocycles. The lowest BCUT2D eigenvalue weighted by atomic mass is 10.3. The van der Waals surface area contributed by atoms with E-state index >= 15 is 0 Å². The zero-order valence-corrected chi connectivity index (χ0v) is 10.4. The van der Waals surface area contributed by atoms with E-state index in [0.717, 1.165) is 6.42 Å². The van der Waals surface area contributed by atoms with E-state index < -0.39 is 0 Å². The van der Waals surface area contributed by atoms with E-state index in [9.17, 15) is 9.59 Å². The fraction of sp³-hybridized carbons (Fsp3) is 0.455. The molecule has 0 aliphatic carbocycles. The fourth-order valence-electron chi connectivity index (χ4n) is 1.61. The van der Waals surface area contributed by atoms with Crippen molar-refractivity contribution >= 4 is 17.5 Å². The van der Waals surface area contributed by atoms with Crippen LogP contribution >= 0.6 is 0 Å². The van der Waals surface area contributed by atoms with Gasteiger partial charge in [0.05, 0.1) is 0 Å². The molecular formula is C11H15N5O2. The third-order valence-electron chi connectivity index (χ3n) is 2.44. The molecule has 1 amide bonds. The number of anilines is 1. The van der Waals surface area contributed by atoms with Crippen molar-refractivity contribution in [1.29, 1.82) is 0 Å². The molecule has 0 saturated carbocycles. The second-order valence-electron chi connectivity index (χ2n) is 3.93. The van der Waals surface area contributed by atoms with Crippen molar-refractivity contribution in [1.82, 2.24) is 19.6 Å². The van der Waals surface area contributed by atoms with Crippen LogP contribution in [0.5, 0.6) is 0 Å². The molecule has 0 bridgehead atoms. The summed E-state index contributed by atoms with van der Waals surface area (Å²) in [4.78, 5) is 29.7. The van der Waals surface area contributed by atoms with E-state index in [-0.39, 0.29) is 11.5 Å². The molecule has 0 aliphatic rings. The molecule has 0 saturated heterocycles. The van der Waals surface area contributed by atoms with Crippen LogP contribution in [0.15, 0.2) is 10.9 Å². The van der Waals surface area contributed by atoms with Gasteiger partial charge >= 0.3 is 0 Å². The van der Waals surface area contributed by atoms with Crippen LogP contribution in [0.4, 0.5) is 5.82 Å². The molecule has 2 heterocycles. The average Bonchev–Trinajstić information content (AvgIpc) is 2.72. The molecule has 0 spiro atoms. The van der Waals surface area contributed by atoms with Gasteiger partial charge in [-0.2, -0.15) is 9.50 Å². The molecule has 2 N–H and O–H groups in total. The summed E-state index contributed by atoms with van der Waals surface area (Å²) in [5.74, 6) is 1.16. The summed E-state index contributed by atoms with van der Waals surface area (Å²) < 4.78 is 1.44. The summed E-state index contributed by atoms with van der Waals surface area (Å²) in [7, 11) is 0. The van der Waals surface area contributed by atoms with Crippen LogP contribution in [0.25, 0.3) is 5.78 Å². The van der Waals surface area contributed by atoms with Crippen LogP contribution in [0.2, 0.25) is 0 Å². The summed E-state index contributed by atoms with van der Waals surface area (Å²) >= 11 is 0. The quantitative estimate of drug-likeness (QED) is 0.835. The second kappa shape index (κ2) is 4.99. The molecule has 0 aromatic carbocycles. The number of amides is 1. The second-order valence-corrected chi connectivity index (χ2v) is 3.93. The zero-order valence-electron chi connectivity index (χ0n) is 10.4. The number of carbonyl (C=O) groups excluding carboxylic acids is 1. The highest BCUT2D eigenvalue weighted by atomic mass is 16.2. The van der Waals surface area contributed by atoms with E-state index in [1.165, 1.54) is 10.6 Å². The van der Waals surface area contributed by atoms with Gasteiger partial charge in [-0.15, -0.1) is 5.10 Å². The van der Waals surface area contributed by atoms with Gasteiger partial charge in [-0.05, 0) is 6.42 Å². The van der Waals surface area contributed by atoms with E-state index in [2.05, 4.69) is 20.4 Å². The summed E-state index contributed by atoms with van der Waals surface area (Å²) in [5, 5.41) is 6.87. The minimum atomic E-state index is -0.315. The van der Waals surface area contributed by atoms with Crippen molar-refractivity contribution in [2.75, 3.05) is 5.32 Å². The molecule has 2 aromatic heterocycles. The summed E-state index contributed by atoms with van der Waals surface area (Å²) in [6.07, 6.45) is 1.81. The first kappa shape index (κ1) is 12.3. The van der Waals surface area contributed by atoms with Crippen LogP contribution in [0.1, 0.15) is 32.5 Å². The summed E-state index contributed by atoms with van der Waals surface area (Å²) in [6.45, 7) is 3.83. The van der Waals surface area contributed by atoms with Gasteiger partial charge in [-0.25, -0.2) is 0 Å². The number of rotatable bonds is 4. The number of aromatic nitrogens is 4. The van der Waals surface area contributed by atoms with Crippen LogP contribution in [-0.4, -0.2) is 25.5 Å². The van der Waals surface area contributed by atoms with Crippen molar-refractivity contribution in [3.8, 4) is 0 Å². The molecule has 18 heavy (non-hydrogen) atoms. The summed E-state index contributed by atoms with van der Waals surface area (Å²) in [6, 6.07) is 1.30. The van der Waals surface area contributed by atoms with E-state index in [0.29, 0.717) is 30.3 Å². The molecular weight excluding hydrogens is 234 g/mol. The van der Waals surface area contributed by atoms with Gasteiger partial charge < -0.3 is 5.32 Å². The van der Waals surface area contributed by atoms with Gasteiger partial charge in [-0.1, -0.05) is 13.8 Å². The first-order valence-electron chi connectivity index (χ1n) is 5.92. The van der Waals surface area contributed by atoms with Crippen LogP contribution in [0.3, 0.4) is 0 Å². The third-order valence-corrected chi connectivity index (χ3v) is 2.44. The number of fused-ring (bicyclic) bond motifs is 1. The highest BCUT2D eigenvalue weighted by molar-refractivity contribution is 5.89. The maximum Gasteiger partial charge on any atom is 0.254 e. The first-order valence-corrected chi connectivity index (χ1v) is 5.92. The third kappa shape index (κ3) is 2.39. The number of nitrogens with one attached hydrogen (secondary N) is 2. The van der Waals surface area contributed by atoms with Crippen molar-refractivity contribution in [2.45, 2.75) is 33.1 Å². The Labute approximate surface area is 103 Å². The number of H-pyrrole nitrogens is 1. The van der Waals surface area contributed by atoms with E-state index in [1.807, 2.05) is 13.8 Å².